The molecule has 2 aromatic carbocycles. The van der Waals surface area contributed by atoms with Crippen LogP contribution in [0.3, 0.4) is 0 Å². The molecule has 3 nitrogen and oxygen atoms in total. The minimum absolute atomic E-state index is 0.0290. The lowest BCUT2D eigenvalue weighted by Gasteiger charge is -2.10. The smallest absolute Gasteiger partial charge is 0.416 e. The highest BCUT2D eigenvalue weighted by atomic mass is 35.5. The molecular weight excluding hydrogens is 319 g/mol. The number of carbonyl (C=O) groups is 1. The highest BCUT2D eigenvalue weighted by Crippen LogP contribution is 2.30. The number of aromatic hydroxyl groups is 1. The molecule has 0 aliphatic heterocycles. The summed E-state index contributed by atoms with van der Waals surface area (Å²) in [5, 5.41) is 12.3. The Labute approximate surface area is 129 Å². The maximum absolute atomic E-state index is 12.6. The van der Waals surface area contributed by atoms with Gasteiger partial charge in [-0.2, -0.15) is 13.2 Å². The van der Waals surface area contributed by atoms with E-state index in [1.165, 1.54) is 30.3 Å². The Morgan fingerprint density at radius 3 is 2.59 bits per heavy atom. The van der Waals surface area contributed by atoms with Crippen LogP contribution in [-0.2, 0) is 17.4 Å². The van der Waals surface area contributed by atoms with Crippen molar-refractivity contribution >= 4 is 23.2 Å². The number of nitrogens with one attached hydrogen (secondary N) is 1. The molecule has 0 spiro atoms. The van der Waals surface area contributed by atoms with Crippen molar-refractivity contribution < 1.29 is 23.1 Å². The van der Waals surface area contributed by atoms with Gasteiger partial charge < -0.3 is 10.4 Å². The van der Waals surface area contributed by atoms with Gasteiger partial charge in [-0.25, -0.2) is 0 Å². The molecule has 0 heterocycles. The second-order valence-corrected chi connectivity index (χ2v) is 5.01. The summed E-state index contributed by atoms with van der Waals surface area (Å²) >= 11 is 5.76. The Bertz CT molecular complexity index is 701. The van der Waals surface area contributed by atoms with Gasteiger partial charge in [0.25, 0.3) is 0 Å². The number of hydrogen-bond acceptors (Lipinski definition) is 2. The summed E-state index contributed by atoms with van der Waals surface area (Å²) in [4.78, 5) is 11.9. The molecule has 0 aliphatic carbocycles. The second-order valence-electron chi connectivity index (χ2n) is 4.58. The molecule has 0 fully saturated rings. The number of amides is 1. The molecular formula is C15H11ClF3NO2. The van der Waals surface area contributed by atoms with Gasteiger partial charge >= 0.3 is 6.18 Å². The number of benzene rings is 2. The average molecular weight is 330 g/mol. The van der Waals surface area contributed by atoms with Gasteiger partial charge in [0.05, 0.1) is 12.0 Å². The van der Waals surface area contributed by atoms with Gasteiger partial charge in [-0.3, -0.25) is 4.79 Å². The Morgan fingerprint density at radius 2 is 1.91 bits per heavy atom. The lowest BCUT2D eigenvalue weighted by Crippen LogP contribution is -2.15. The van der Waals surface area contributed by atoms with Crippen molar-refractivity contribution in [2.75, 3.05) is 5.32 Å². The molecule has 2 N–H and O–H groups in total. The fraction of sp³-hybridized carbons (Fsp3) is 0.133. The zero-order valence-electron chi connectivity index (χ0n) is 11.1. The lowest BCUT2D eigenvalue weighted by atomic mass is 10.1. The van der Waals surface area contributed by atoms with Crippen LogP contribution in [0.25, 0.3) is 0 Å². The Hall–Kier alpha value is -2.21. The molecule has 22 heavy (non-hydrogen) atoms. The Morgan fingerprint density at radius 1 is 1.18 bits per heavy atom. The van der Waals surface area contributed by atoms with Gasteiger partial charge in [0, 0.05) is 16.3 Å². The molecule has 0 atom stereocenters. The predicted octanol–water partition coefficient (Wildman–Crippen LogP) is 4.25. The number of hydrogen-bond donors (Lipinski definition) is 2. The summed E-state index contributed by atoms with van der Waals surface area (Å²) in [6, 6.07) is 8.54. The first-order chi connectivity index (χ1) is 10.3. The summed E-state index contributed by atoms with van der Waals surface area (Å²) in [5.41, 5.74) is -0.533. The number of anilines is 1. The average Bonchev–Trinajstić information content (AvgIpc) is 2.42. The van der Waals surface area contributed by atoms with Crippen molar-refractivity contribution in [2.45, 2.75) is 12.6 Å². The zero-order chi connectivity index (χ0) is 16.3. The summed E-state index contributed by atoms with van der Waals surface area (Å²) in [6.45, 7) is 0. The molecule has 2 rings (SSSR count). The molecule has 2 aromatic rings. The van der Waals surface area contributed by atoms with Crippen molar-refractivity contribution in [1.82, 2.24) is 0 Å². The summed E-state index contributed by atoms with van der Waals surface area (Å²) < 4.78 is 37.8. The van der Waals surface area contributed by atoms with Crippen molar-refractivity contribution in [1.29, 1.82) is 0 Å². The van der Waals surface area contributed by atoms with E-state index in [9.17, 15) is 23.1 Å². The van der Waals surface area contributed by atoms with Crippen molar-refractivity contribution in [3.63, 3.8) is 0 Å². The Balaban J connectivity index is 2.11. The van der Waals surface area contributed by atoms with Crippen LogP contribution in [0, 0.1) is 0 Å². The summed E-state index contributed by atoms with van der Waals surface area (Å²) in [5.74, 6) is -0.666. The van der Waals surface area contributed by atoms with Crippen LogP contribution in [0.5, 0.6) is 5.75 Å². The predicted molar refractivity (Wildman–Crippen MR) is 76.9 cm³/mol. The molecule has 0 aromatic heterocycles. The van der Waals surface area contributed by atoms with Gasteiger partial charge in [-0.05, 0) is 36.4 Å². The van der Waals surface area contributed by atoms with Gasteiger partial charge in [0.2, 0.25) is 5.91 Å². The number of carbonyl (C=O) groups excluding carboxylic acids is 1. The molecule has 0 unspecified atom stereocenters. The third kappa shape index (κ3) is 4.14. The zero-order valence-corrected chi connectivity index (χ0v) is 11.9. The SMILES string of the molecule is O=C(Cc1cc(Cl)ccc1O)Nc1cccc(C(F)(F)F)c1. The van der Waals surface area contributed by atoms with Crippen molar-refractivity contribution in [3.8, 4) is 5.75 Å². The van der Waals surface area contributed by atoms with E-state index >= 15 is 0 Å². The van der Waals surface area contributed by atoms with Crippen LogP contribution < -0.4 is 5.32 Å². The first-order valence-electron chi connectivity index (χ1n) is 6.20. The first-order valence-corrected chi connectivity index (χ1v) is 6.58. The number of phenolic OH excluding ortho intramolecular Hbond substituents is 1. The van der Waals surface area contributed by atoms with E-state index in [4.69, 9.17) is 11.6 Å². The molecule has 0 bridgehead atoms. The maximum atomic E-state index is 12.6. The van der Waals surface area contributed by atoms with Crippen molar-refractivity contribution in [3.05, 3.63) is 58.6 Å². The summed E-state index contributed by atoms with van der Waals surface area (Å²) in [6.07, 6.45) is -4.69. The quantitative estimate of drug-likeness (QED) is 0.884. The fourth-order valence-corrected chi connectivity index (χ4v) is 2.04. The molecule has 116 valence electrons. The van der Waals surface area contributed by atoms with E-state index < -0.39 is 17.6 Å². The lowest BCUT2D eigenvalue weighted by molar-refractivity contribution is -0.137. The molecule has 1 amide bonds. The number of alkyl halides is 3. The molecule has 0 aliphatic rings. The number of phenols is 1. The molecule has 0 saturated carbocycles. The monoisotopic (exact) mass is 329 g/mol. The second kappa shape index (κ2) is 6.27. The number of halogens is 4. The van der Waals surface area contributed by atoms with E-state index in [2.05, 4.69) is 5.32 Å². The van der Waals surface area contributed by atoms with Gasteiger partial charge in [0.15, 0.2) is 0 Å². The van der Waals surface area contributed by atoms with E-state index in [1.54, 1.807) is 0 Å². The topological polar surface area (TPSA) is 49.3 Å². The highest BCUT2D eigenvalue weighted by Gasteiger charge is 2.30. The van der Waals surface area contributed by atoms with Crippen LogP contribution in [0.4, 0.5) is 18.9 Å². The van der Waals surface area contributed by atoms with E-state index in [0.29, 0.717) is 5.02 Å². The van der Waals surface area contributed by atoms with Gasteiger partial charge in [-0.1, -0.05) is 17.7 Å². The van der Waals surface area contributed by atoms with Crippen LogP contribution in [-0.4, -0.2) is 11.0 Å². The maximum Gasteiger partial charge on any atom is 0.416 e. The third-order valence-electron chi connectivity index (χ3n) is 2.87. The highest BCUT2D eigenvalue weighted by molar-refractivity contribution is 6.30. The minimum atomic E-state index is -4.48. The van der Waals surface area contributed by atoms with Gasteiger partial charge in [0.1, 0.15) is 5.75 Å². The van der Waals surface area contributed by atoms with Crippen LogP contribution >= 0.6 is 11.6 Å². The Kier molecular flexibility index (Phi) is 4.61. The van der Waals surface area contributed by atoms with Crippen LogP contribution in [0.15, 0.2) is 42.5 Å². The van der Waals surface area contributed by atoms with Crippen LogP contribution in [0.1, 0.15) is 11.1 Å². The largest absolute Gasteiger partial charge is 0.508 e. The normalized spacial score (nSPS) is 11.3. The molecule has 0 saturated heterocycles. The standard InChI is InChI=1S/C15H11ClF3NO2/c16-11-4-5-13(21)9(6-11)7-14(22)20-12-3-1-2-10(8-12)15(17,18)19/h1-6,8,21H,7H2,(H,20,22). The minimum Gasteiger partial charge on any atom is -0.508 e. The van der Waals surface area contributed by atoms with Crippen molar-refractivity contribution in [2.24, 2.45) is 0 Å². The van der Waals surface area contributed by atoms with Gasteiger partial charge in [-0.15, -0.1) is 0 Å². The fourth-order valence-electron chi connectivity index (χ4n) is 1.85. The number of rotatable bonds is 3. The third-order valence-corrected chi connectivity index (χ3v) is 3.10. The van der Waals surface area contributed by atoms with Crippen LogP contribution in [0.2, 0.25) is 5.02 Å². The van der Waals surface area contributed by atoms with E-state index in [1.807, 2.05) is 0 Å². The molecule has 7 heteroatoms. The first kappa shape index (κ1) is 16.2. The van der Waals surface area contributed by atoms with E-state index in [-0.39, 0.29) is 23.4 Å². The summed E-state index contributed by atoms with van der Waals surface area (Å²) in [7, 11) is 0. The molecule has 0 radical (unpaired) electrons. The van der Waals surface area contributed by atoms with E-state index in [0.717, 1.165) is 12.1 Å².